The largest absolute Gasteiger partial charge is 0.871 e. The highest BCUT2D eigenvalue weighted by atomic mass is 32.2. The molecule has 26 heteroatoms. The molecule has 0 bridgehead atoms. The number of unbranched alkanes of at least 4 members (excludes halogenated alkanes) is 5. The zero-order chi connectivity index (χ0) is 50.8. The van der Waals surface area contributed by atoms with Gasteiger partial charge >= 0.3 is 5.97 Å². The number of allylic oxidation sites excluding steroid dienone is 5. The lowest BCUT2D eigenvalue weighted by atomic mass is 9.73. The average Bonchev–Trinajstić information content (AvgIpc) is 3.58. The summed E-state index contributed by atoms with van der Waals surface area (Å²) in [5.41, 5.74) is -1.33. The van der Waals surface area contributed by atoms with Gasteiger partial charge < -0.3 is 15.1 Å². The van der Waals surface area contributed by atoms with Gasteiger partial charge in [0.25, 0.3) is 50.6 Å². The van der Waals surface area contributed by atoms with Crippen molar-refractivity contribution in [3.05, 3.63) is 82.3 Å². The fraction of sp³-hybridized carbons (Fsp3) is 0.500. The van der Waals surface area contributed by atoms with Crippen LogP contribution in [0.4, 0.5) is 11.4 Å². The first-order chi connectivity index (χ1) is 31.3. The maximum Gasteiger partial charge on any atom is 0.303 e. The molecule has 0 fully saturated rings. The minimum Gasteiger partial charge on any atom is -0.871 e. The SMILES string of the molecule is CC1(CCCCS(=O)(=O)O)C(/C=C2\C(=O)C(/C=C3\N(CCCCS(=O)(=O)O)c4ccc(S(=O)(=O)O)cc4C3(C)CCCCS(=O)(=O)O)=C2[O-])=[N+](CCCCCC(=O)O)c2ccc(S(=O)(=O)O)cc21. The Balaban J connectivity index is 1.68. The number of benzene rings is 2. The molecule has 5 rings (SSSR count). The van der Waals surface area contributed by atoms with Crippen LogP contribution in [0, 0.1) is 0 Å². The second-order valence-corrected chi connectivity index (χ2v) is 25.1. The summed E-state index contributed by atoms with van der Waals surface area (Å²) in [4.78, 5) is 26.2. The van der Waals surface area contributed by atoms with E-state index in [-0.39, 0.29) is 93.3 Å². The fourth-order valence-electron chi connectivity index (χ4n) is 9.09. The summed E-state index contributed by atoms with van der Waals surface area (Å²) < 4.78 is 169. The molecule has 2 heterocycles. The number of Topliss-reactive ketones (excluding diaryl/α,β-unsaturated/α-hetero) is 1. The van der Waals surface area contributed by atoms with Gasteiger partial charge in [-0.25, -0.2) is 0 Å². The Morgan fingerprint density at radius 3 is 1.69 bits per heavy atom. The molecule has 0 radical (unpaired) electrons. The highest BCUT2D eigenvalue weighted by Crippen LogP contribution is 2.53. The van der Waals surface area contributed by atoms with E-state index in [1.807, 2.05) is 0 Å². The van der Waals surface area contributed by atoms with Crippen molar-refractivity contribution in [1.29, 1.82) is 0 Å². The first kappa shape index (κ1) is 54.6. The highest BCUT2D eigenvalue weighted by molar-refractivity contribution is 7.86. The van der Waals surface area contributed by atoms with Crippen LogP contribution in [0.1, 0.15) is 102 Å². The van der Waals surface area contributed by atoms with Crippen LogP contribution in [0.25, 0.3) is 0 Å². The Labute approximate surface area is 395 Å². The minimum absolute atomic E-state index is 0.00235. The molecular formula is C42H54N2O19S5. The lowest BCUT2D eigenvalue weighted by Gasteiger charge is -2.34. The zero-order valence-corrected chi connectivity index (χ0v) is 41.1. The maximum absolute atomic E-state index is 14.4. The summed E-state index contributed by atoms with van der Waals surface area (Å²) in [6, 6.07) is 7.49. The van der Waals surface area contributed by atoms with Gasteiger partial charge in [-0.3, -0.25) is 32.4 Å². The third-order valence-electron chi connectivity index (χ3n) is 12.5. The molecule has 376 valence electrons. The zero-order valence-electron chi connectivity index (χ0n) is 37.1. The van der Waals surface area contributed by atoms with Crippen LogP contribution >= 0.6 is 0 Å². The van der Waals surface area contributed by atoms with E-state index in [0.29, 0.717) is 41.9 Å². The number of aliphatic carboxylic acids is 1. The summed E-state index contributed by atoms with van der Waals surface area (Å²) in [6.45, 7) is 3.48. The van der Waals surface area contributed by atoms with Gasteiger partial charge in [-0.15, -0.1) is 0 Å². The molecule has 2 aliphatic heterocycles. The van der Waals surface area contributed by atoms with Gasteiger partial charge in [0.05, 0.1) is 32.5 Å². The lowest BCUT2D eigenvalue weighted by molar-refractivity contribution is -0.438. The van der Waals surface area contributed by atoms with E-state index in [9.17, 15) is 84.7 Å². The number of carbonyl (C=O) groups excluding carboxylic acids is 1. The third kappa shape index (κ3) is 13.1. The molecule has 6 N–H and O–H groups in total. The number of hydrogen-bond donors (Lipinski definition) is 6. The van der Waals surface area contributed by atoms with Crippen molar-refractivity contribution in [2.24, 2.45) is 0 Å². The van der Waals surface area contributed by atoms with Gasteiger partial charge in [0.1, 0.15) is 6.54 Å². The quantitative estimate of drug-likeness (QED) is 0.0357. The van der Waals surface area contributed by atoms with Gasteiger partial charge in [-0.2, -0.15) is 46.7 Å². The van der Waals surface area contributed by atoms with Crippen molar-refractivity contribution in [3.8, 4) is 0 Å². The Bertz CT molecular complexity index is 3070. The number of ketones is 1. The summed E-state index contributed by atoms with van der Waals surface area (Å²) in [5, 5.41) is 23.6. The van der Waals surface area contributed by atoms with Crippen LogP contribution in [-0.2, 0) is 71.0 Å². The lowest BCUT2D eigenvalue weighted by Crippen LogP contribution is -2.36. The molecule has 68 heavy (non-hydrogen) atoms. The van der Waals surface area contributed by atoms with Gasteiger partial charge in [0.2, 0.25) is 5.69 Å². The molecule has 0 amide bonds. The molecule has 1 aliphatic carbocycles. The van der Waals surface area contributed by atoms with Crippen LogP contribution in [0.2, 0.25) is 0 Å². The Kier molecular flexibility index (Phi) is 16.5. The number of fused-ring (bicyclic) bond motifs is 2. The van der Waals surface area contributed by atoms with Crippen molar-refractivity contribution in [2.75, 3.05) is 35.2 Å². The standard InChI is InChI=1S/C42H54N2O19S5/c1-41(17-5-9-21-64(49,50)51)32-24-28(67(58,59)60)13-15-34(32)43(19-7-3-4-12-38(45)46)36(41)26-30-39(47)31(40(30)48)27-37-42(2,18-6-10-22-65(52,53)54)33-25-29(68(61,62)63)14-16-35(33)44(37)20-8-11-23-66(55,56)57/h13-16,24-27H,3-12,17-23H2,1-2H3,(H6-,45,46,47,48,49,50,51,52,53,54,55,56,57,58,59,60,61,62,63). The Morgan fingerprint density at radius 1 is 0.662 bits per heavy atom. The first-order valence-electron chi connectivity index (χ1n) is 21.4. The molecular weight excluding hydrogens is 997 g/mol. The third-order valence-corrected chi connectivity index (χ3v) is 16.6. The molecule has 2 aromatic rings. The van der Waals surface area contributed by atoms with Crippen molar-refractivity contribution in [3.63, 3.8) is 0 Å². The number of hydrogen-bond acceptors (Lipinski definition) is 14. The predicted octanol–water partition coefficient (Wildman–Crippen LogP) is 3.75. The monoisotopic (exact) mass is 1050 g/mol. The van der Waals surface area contributed by atoms with E-state index >= 15 is 0 Å². The van der Waals surface area contributed by atoms with Crippen molar-refractivity contribution >= 4 is 79.4 Å². The summed E-state index contributed by atoms with van der Waals surface area (Å²) in [5.74, 6) is -4.38. The average molecular weight is 1050 g/mol. The van der Waals surface area contributed by atoms with E-state index in [0.717, 1.165) is 12.1 Å². The number of carbonyl (C=O) groups is 2. The van der Waals surface area contributed by atoms with Gasteiger partial charge in [-0.1, -0.05) is 18.6 Å². The second-order valence-electron chi connectivity index (χ2n) is 17.5. The predicted molar refractivity (Wildman–Crippen MR) is 245 cm³/mol. The molecule has 2 unspecified atom stereocenters. The summed E-state index contributed by atoms with van der Waals surface area (Å²) >= 11 is 0. The molecule has 0 aromatic heterocycles. The molecule has 0 spiro atoms. The van der Waals surface area contributed by atoms with E-state index in [1.54, 1.807) is 23.3 Å². The van der Waals surface area contributed by atoms with Crippen molar-refractivity contribution in [1.82, 2.24) is 0 Å². The summed E-state index contributed by atoms with van der Waals surface area (Å²) in [6.07, 6.45) is 3.90. The van der Waals surface area contributed by atoms with Crippen molar-refractivity contribution in [2.45, 2.75) is 112 Å². The fourth-order valence-corrected chi connectivity index (χ4v) is 11.8. The van der Waals surface area contributed by atoms with Crippen LogP contribution in [0.3, 0.4) is 0 Å². The molecule has 0 saturated heterocycles. The number of nitrogens with zero attached hydrogens (tertiary/aromatic N) is 2. The number of rotatable bonds is 25. The smallest absolute Gasteiger partial charge is 0.303 e. The number of anilines is 1. The van der Waals surface area contributed by atoms with Crippen LogP contribution in [0.15, 0.2) is 80.9 Å². The van der Waals surface area contributed by atoms with E-state index in [4.69, 9.17) is 0 Å². The van der Waals surface area contributed by atoms with Crippen LogP contribution in [0.5, 0.6) is 0 Å². The van der Waals surface area contributed by atoms with Crippen LogP contribution < -0.4 is 10.0 Å². The minimum atomic E-state index is -4.79. The van der Waals surface area contributed by atoms with Gasteiger partial charge in [0.15, 0.2) is 11.5 Å². The molecule has 2 aromatic carbocycles. The Hall–Kier alpha value is -4.38. The molecule has 21 nitrogen and oxygen atoms in total. The van der Waals surface area contributed by atoms with E-state index in [1.165, 1.54) is 36.4 Å². The Morgan fingerprint density at radius 2 is 1.18 bits per heavy atom. The summed E-state index contributed by atoms with van der Waals surface area (Å²) in [7, 11) is -22.7. The van der Waals surface area contributed by atoms with Gasteiger partial charge in [0, 0.05) is 65.0 Å². The molecule has 3 aliphatic rings. The number of carboxylic acid groups (broad SMARTS) is 1. The highest BCUT2D eigenvalue weighted by Gasteiger charge is 2.50. The molecule has 2 atom stereocenters. The maximum atomic E-state index is 14.4. The number of carboxylic acids is 1. The van der Waals surface area contributed by atoms with Gasteiger partial charge in [-0.05, 0) is 107 Å². The second kappa shape index (κ2) is 20.5. The van der Waals surface area contributed by atoms with Crippen LogP contribution in [-0.4, -0.2) is 122 Å². The van der Waals surface area contributed by atoms with Crippen molar-refractivity contribution < 1.29 is 89.2 Å². The molecule has 0 saturated carbocycles. The van der Waals surface area contributed by atoms with E-state index < -0.39 is 106 Å². The first-order valence-corrected chi connectivity index (χ1v) is 29.1. The normalized spacial score (nSPS) is 21.2. The van der Waals surface area contributed by atoms with E-state index in [2.05, 4.69) is 0 Å². The topological polar surface area (TPSA) is 356 Å².